The van der Waals surface area contributed by atoms with Crippen LogP contribution in [-0.2, 0) is 14.4 Å². The van der Waals surface area contributed by atoms with E-state index < -0.39 is 17.8 Å². The highest BCUT2D eigenvalue weighted by Crippen LogP contribution is 2.68. The third-order valence-electron chi connectivity index (χ3n) is 7.59. The number of likely N-dealkylation sites (tertiary alicyclic amines) is 1. The number of carbonyl (C=O) groups excluding carboxylic acids is 2. The predicted octanol–water partition coefficient (Wildman–Crippen LogP) is 2.52. The number of thioether (sulfide) groups is 1. The standard InChI is InChI=1S/C22H19FN2O5S2/c23-9-3-1-8(2-4-9)13-14-10-7-11(17(14)31-19-18(13)32-22(30)24-19)16-15(10)20(28)25(21(16)29)6-5-12(26)27/h1-4,10-11,13-17H,5-7H2,(H,24,30)(H,26,27)/t10-,11-,13+,14-,15+,16-,17+/m1/s1. The molecule has 1 saturated heterocycles. The number of fused-ring (bicyclic) bond motifs is 9. The molecule has 2 N–H and O–H groups in total. The van der Waals surface area contributed by atoms with E-state index in [2.05, 4.69) is 4.98 Å². The Balaban J connectivity index is 1.41. The van der Waals surface area contributed by atoms with E-state index in [4.69, 9.17) is 5.11 Å². The van der Waals surface area contributed by atoms with E-state index in [1.807, 2.05) is 0 Å². The molecule has 10 heteroatoms. The van der Waals surface area contributed by atoms with Crippen LogP contribution in [0.15, 0.2) is 34.1 Å². The average Bonchev–Trinajstić information content (AvgIpc) is 3.47. The number of aliphatic carboxylic acids is 1. The quantitative estimate of drug-likeness (QED) is 0.660. The van der Waals surface area contributed by atoms with Crippen LogP contribution >= 0.6 is 23.1 Å². The lowest BCUT2D eigenvalue weighted by atomic mass is 9.68. The second kappa shape index (κ2) is 7.02. The highest BCUT2D eigenvalue weighted by molar-refractivity contribution is 8.00. The van der Waals surface area contributed by atoms with Gasteiger partial charge in [0, 0.05) is 22.6 Å². The minimum absolute atomic E-state index is 0.00854. The van der Waals surface area contributed by atoms with Crippen LogP contribution in [0.1, 0.15) is 29.2 Å². The number of aromatic amines is 1. The zero-order valence-corrected chi connectivity index (χ0v) is 18.3. The maximum atomic E-state index is 13.6. The maximum Gasteiger partial charge on any atom is 0.305 e. The van der Waals surface area contributed by atoms with Gasteiger partial charge in [-0.05, 0) is 41.9 Å². The third kappa shape index (κ3) is 2.71. The molecule has 0 radical (unpaired) electrons. The highest BCUT2D eigenvalue weighted by Gasteiger charge is 2.69. The number of carboxylic acid groups (broad SMARTS) is 1. The summed E-state index contributed by atoms with van der Waals surface area (Å²) in [6.45, 7) is -0.0933. The number of imide groups is 1. The van der Waals surface area contributed by atoms with Crippen molar-refractivity contribution in [2.45, 2.75) is 29.0 Å². The molecule has 1 aromatic carbocycles. The van der Waals surface area contributed by atoms with Crippen LogP contribution in [0.4, 0.5) is 4.39 Å². The molecule has 2 aromatic rings. The summed E-state index contributed by atoms with van der Waals surface area (Å²) in [5.41, 5.74) is 0.904. The van der Waals surface area contributed by atoms with Crippen LogP contribution in [0.3, 0.4) is 0 Å². The van der Waals surface area contributed by atoms with Crippen LogP contribution < -0.4 is 4.87 Å². The van der Waals surface area contributed by atoms with Gasteiger partial charge >= 0.3 is 10.8 Å². The first-order chi connectivity index (χ1) is 15.3. The summed E-state index contributed by atoms with van der Waals surface area (Å²) in [6, 6.07) is 6.31. The Morgan fingerprint density at radius 3 is 2.50 bits per heavy atom. The first-order valence-electron chi connectivity index (χ1n) is 10.6. The van der Waals surface area contributed by atoms with E-state index in [-0.39, 0.29) is 64.4 Å². The topological polar surface area (TPSA) is 108 Å². The summed E-state index contributed by atoms with van der Waals surface area (Å²) in [5, 5.41) is 9.87. The lowest BCUT2D eigenvalue weighted by Crippen LogP contribution is -2.42. The molecule has 2 aliphatic heterocycles. The van der Waals surface area contributed by atoms with E-state index in [1.165, 1.54) is 12.1 Å². The second-order valence-electron chi connectivity index (χ2n) is 8.98. The fraction of sp³-hybridized carbons (Fsp3) is 0.455. The normalized spacial score (nSPS) is 34.5. The van der Waals surface area contributed by atoms with Crippen molar-refractivity contribution in [3.63, 3.8) is 0 Å². The Kier molecular flexibility index (Phi) is 4.42. The van der Waals surface area contributed by atoms with Crippen molar-refractivity contribution in [3.8, 4) is 0 Å². The van der Waals surface area contributed by atoms with Gasteiger partial charge in [-0.1, -0.05) is 23.5 Å². The van der Waals surface area contributed by atoms with Gasteiger partial charge in [-0.3, -0.25) is 24.1 Å². The lowest BCUT2D eigenvalue weighted by Gasteiger charge is -2.43. The van der Waals surface area contributed by atoms with Crippen LogP contribution in [0.2, 0.25) is 0 Å². The smallest absolute Gasteiger partial charge is 0.305 e. The number of hydrogen-bond donors (Lipinski definition) is 2. The van der Waals surface area contributed by atoms with Gasteiger partial charge < -0.3 is 10.1 Å². The molecule has 7 atom stereocenters. The number of amides is 2. The molecular formula is C22H19FN2O5S2. The van der Waals surface area contributed by atoms with Gasteiger partial charge in [0.05, 0.1) is 23.3 Å². The first-order valence-corrected chi connectivity index (χ1v) is 12.3. The molecule has 1 aromatic heterocycles. The number of halogens is 1. The molecule has 3 heterocycles. The monoisotopic (exact) mass is 474 g/mol. The van der Waals surface area contributed by atoms with Crippen molar-refractivity contribution in [2.24, 2.45) is 29.6 Å². The first kappa shape index (κ1) is 20.2. The molecule has 2 bridgehead atoms. The molecular weight excluding hydrogens is 455 g/mol. The summed E-state index contributed by atoms with van der Waals surface area (Å²) in [6.07, 6.45) is 0.503. The number of thiazole rings is 1. The molecule has 2 saturated carbocycles. The predicted molar refractivity (Wildman–Crippen MR) is 114 cm³/mol. The Bertz CT molecular complexity index is 1210. The van der Waals surface area contributed by atoms with E-state index in [1.54, 1.807) is 23.9 Å². The summed E-state index contributed by atoms with van der Waals surface area (Å²) in [4.78, 5) is 54.4. The van der Waals surface area contributed by atoms with Crippen LogP contribution in [-0.4, -0.2) is 44.6 Å². The molecule has 166 valence electrons. The SMILES string of the molecule is O=C(O)CCN1C(=O)[C@@H]2[C@H]3C[C@@H]([C@@H]2C1=O)[C@@H]1[C@H](c2ccc(F)cc2)c2sc(=O)[nH]c2S[C@@H]31. The Hall–Kier alpha value is -2.46. The second-order valence-corrected chi connectivity index (χ2v) is 11.2. The van der Waals surface area contributed by atoms with Crippen molar-refractivity contribution < 1.29 is 23.9 Å². The summed E-state index contributed by atoms with van der Waals surface area (Å²) in [5.74, 6) is -2.89. The number of nitrogens with zero attached hydrogens (tertiary/aromatic N) is 1. The number of aromatic nitrogens is 1. The number of nitrogens with one attached hydrogen (secondary N) is 1. The molecule has 32 heavy (non-hydrogen) atoms. The van der Waals surface area contributed by atoms with Gasteiger partial charge in [0.1, 0.15) is 5.82 Å². The zero-order chi connectivity index (χ0) is 22.3. The number of rotatable bonds is 4. The lowest BCUT2D eigenvalue weighted by molar-refractivity contribution is -0.142. The summed E-state index contributed by atoms with van der Waals surface area (Å²) >= 11 is 2.75. The maximum absolute atomic E-state index is 13.6. The molecule has 2 aliphatic carbocycles. The van der Waals surface area contributed by atoms with Gasteiger partial charge in [-0.25, -0.2) is 4.39 Å². The van der Waals surface area contributed by atoms with Gasteiger partial charge in [0.25, 0.3) is 0 Å². The van der Waals surface area contributed by atoms with Gasteiger partial charge in [-0.15, -0.1) is 11.8 Å². The van der Waals surface area contributed by atoms with Gasteiger partial charge in [-0.2, -0.15) is 0 Å². The molecule has 7 nitrogen and oxygen atoms in total. The Morgan fingerprint density at radius 1 is 1.12 bits per heavy atom. The molecule has 6 rings (SSSR count). The minimum Gasteiger partial charge on any atom is -0.481 e. The minimum atomic E-state index is -1.04. The average molecular weight is 475 g/mol. The molecule has 0 unspecified atom stereocenters. The Labute approximate surface area is 190 Å². The molecule has 0 spiro atoms. The Morgan fingerprint density at radius 2 is 1.81 bits per heavy atom. The van der Waals surface area contributed by atoms with Crippen LogP contribution in [0.25, 0.3) is 0 Å². The van der Waals surface area contributed by atoms with E-state index in [0.717, 1.165) is 38.1 Å². The van der Waals surface area contributed by atoms with Gasteiger partial charge in [0.15, 0.2) is 0 Å². The number of hydrogen-bond acceptors (Lipinski definition) is 6. The third-order valence-corrected chi connectivity index (χ3v) is 10.2. The summed E-state index contributed by atoms with van der Waals surface area (Å²) < 4.78 is 13.6. The van der Waals surface area contributed by atoms with E-state index in [0.29, 0.717) is 0 Å². The summed E-state index contributed by atoms with van der Waals surface area (Å²) in [7, 11) is 0. The number of benzene rings is 1. The van der Waals surface area contributed by atoms with Crippen molar-refractivity contribution in [2.75, 3.05) is 6.54 Å². The largest absolute Gasteiger partial charge is 0.481 e. The van der Waals surface area contributed by atoms with Crippen molar-refractivity contribution >= 4 is 40.9 Å². The number of H-pyrrole nitrogens is 1. The molecule has 2 amide bonds. The molecule has 4 aliphatic rings. The fourth-order valence-corrected chi connectivity index (χ4v) is 9.44. The van der Waals surface area contributed by atoms with E-state index >= 15 is 0 Å². The van der Waals surface area contributed by atoms with Crippen LogP contribution in [0, 0.1) is 35.4 Å². The van der Waals surface area contributed by atoms with E-state index in [9.17, 15) is 23.6 Å². The van der Waals surface area contributed by atoms with Crippen molar-refractivity contribution in [3.05, 3.63) is 50.2 Å². The fourth-order valence-electron chi connectivity index (χ4n) is 6.55. The number of carboxylic acids is 1. The highest BCUT2D eigenvalue weighted by atomic mass is 32.2. The number of carbonyl (C=O) groups is 3. The van der Waals surface area contributed by atoms with Crippen molar-refractivity contribution in [1.29, 1.82) is 0 Å². The van der Waals surface area contributed by atoms with Crippen molar-refractivity contribution in [1.82, 2.24) is 9.88 Å². The zero-order valence-electron chi connectivity index (χ0n) is 16.7. The van der Waals surface area contributed by atoms with Gasteiger partial charge in [0.2, 0.25) is 11.8 Å². The molecule has 3 fully saturated rings. The van der Waals surface area contributed by atoms with Crippen LogP contribution in [0.5, 0.6) is 0 Å².